The van der Waals surface area contributed by atoms with Gasteiger partial charge in [0.05, 0.1) is 18.8 Å². The molecule has 2 aromatic rings. The van der Waals surface area contributed by atoms with Crippen molar-refractivity contribution in [2.24, 2.45) is 5.92 Å². The fourth-order valence-corrected chi connectivity index (χ4v) is 5.02. The summed E-state index contributed by atoms with van der Waals surface area (Å²) in [7, 11) is 0. The Labute approximate surface area is 203 Å². The van der Waals surface area contributed by atoms with Crippen molar-refractivity contribution in [2.75, 3.05) is 13.2 Å². The van der Waals surface area contributed by atoms with E-state index in [1.165, 1.54) is 12.1 Å². The van der Waals surface area contributed by atoms with Gasteiger partial charge in [0, 0.05) is 28.8 Å². The molecule has 35 heavy (non-hydrogen) atoms. The van der Waals surface area contributed by atoms with Crippen LogP contribution >= 0.6 is 0 Å². The largest absolute Gasteiger partial charge is 0.465 e. The molecule has 1 N–H and O–H groups in total. The smallest absolute Gasteiger partial charge is 0.336 e. The van der Waals surface area contributed by atoms with Crippen LogP contribution in [0.5, 0.6) is 0 Å². The van der Waals surface area contributed by atoms with Crippen molar-refractivity contribution in [3.8, 4) is 0 Å². The molecule has 0 spiro atoms. The normalized spacial score (nSPS) is 21.8. The third-order valence-electron chi connectivity index (χ3n) is 6.49. The number of carbonyl (C=O) groups excluding carboxylic acids is 3. The molecule has 0 unspecified atom stereocenters. The van der Waals surface area contributed by atoms with Crippen LogP contribution in [0, 0.1) is 11.7 Å². The van der Waals surface area contributed by atoms with Crippen molar-refractivity contribution >= 4 is 17.7 Å². The van der Waals surface area contributed by atoms with E-state index in [1.54, 1.807) is 32.9 Å². The van der Waals surface area contributed by atoms with E-state index in [2.05, 4.69) is 5.32 Å². The van der Waals surface area contributed by atoms with Crippen molar-refractivity contribution in [3.63, 3.8) is 0 Å². The number of halogens is 1. The summed E-state index contributed by atoms with van der Waals surface area (Å²) in [6.07, 6.45) is 0.375. The van der Waals surface area contributed by atoms with Gasteiger partial charge in [0.15, 0.2) is 5.78 Å². The number of esters is 2. The summed E-state index contributed by atoms with van der Waals surface area (Å²) >= 11 is 0. The van der Waals surface area contributed by atoms with Gasteiger partial charge in [0.1, 0.15) is 11.7 Å². The number of ether oxygens (including phenoxy) is 2. The van der Waals surface area contributed by atoms with E-state index >= 15 is 0 Å². The number of rotatable bonds is 6. The zero-order chi connectivity index (χ0) is 25.1. The van der Waals surface area contributed by atoms with E-state index in [0.29, 0.717) is 29.0 Å². The quantitative estimate of drug-likeness (QED) is 0.486. The van der Waals surface area contributed by atoms with E-state index in [9.17, 15) is 18.8 Å². The number of benzene rings is 2. The molecular weight excluding hydrogens is 449 g/mol. The van der Waals surface area contributed by atoms with Crippen LogP contribution in [0.2, 0.25) is 0 Å². The Hall–Kier alpha value is -3.74. The third-order valence-corrected chi connectivity index (χ3v) is 6.49. The molecule has 6 nitrogen and oxygen atoms in total. The number of Topliss-reactive ketones (excluding diaryl/α,β-unsaturated/α-hetero) is 1. The highest BCUT2D eigenvalue weighted by Gasteiger charge is 2.49. The van der Waals surface area contributed by atoms with Gasteiger partial charge in [-0.15, -0.1) is 0 Å². The first-order chi connectivity index (χ1) is 16.9. The molecule has 1 aliphatic carbocycles. The van der Waals surface area contributed by atoms with Gasteiger partial charge in [-0.3, -0.25) is 9.59 Å². The van der Waals surface area contributed by atoms with Gasteiger partial charge in [-0.05, 0) is 50.5 Å². The van der Waals surface area contributed by atoms with Crippen LogP contribution in [-0.4, -0.2) is 30.9 Å². The minimum atomic E-state index is -1.07. The zero-order valence-electron chi connectivity index (χ0n) is 20.0. The summed E-state index contributed by atoms with van der Waals surface area (Å²) in [6, 6.07) is 15.1. The molecule has 182 valence electrons. The molecule has 1 aliphatic heterocycles. The standard InChI is InChI=1S/C28H28FNO5/c1-4-34-27(32)22-16(3)30-21-15-20(17-9-7-6-8-10-17)24(28(33)35-5-2)26(31)25(21)23(22)18-11-13-19(29)14-12-18/h6-14,20,23-24,30H,4-5,15H2,1-3H3/t20-,23-,24+/m1/s1. The Kier molecular flexibility index (Phi) is 7.15. The number of carbonyl (C=O) groups is 3. The summed E-state index contributed by atoms with van der Waals surface area (Å²) in [5, 5.41) is 3.25. The average Bonchev–Trinajstić information content (AvgIpc) is 2.84. The lowest BCUT2D eigenvalue weighted by Crippen LogP contribution is -2.43. The lowest BCUT2D eigenvalue weighted by molar-refractivity contribution is -0.152. The van der Waals surface area contributed by atoms with Gasteiger partial charge < -0.3 is 14.8 Å². The van der Waals surface area contributed by atoms with Crippen LogP contribution in [0.3, 0.4) is 0 Å². The van der Waals surface area contributed by atoms with E-state index in [0.717, 1.165) is 5.56 Å². The molecule has 1 heterocycles. The second kappa shape index (κ2) is 10.3. The Bertz CT molecular complexity index is 1200. The van der Waals surface area contributed by atoms with Crippen LogP contribution in [0.15, 0.2) is 77.1 Å². The van der Waals surface area contributed by atoms with Crippen LogP contribution in [0.25, 0.3) is 0 Å². The number of dihydropyridines is 1. The fourth-order valence-electron chi connectivity index (χ4n) is 5.02. The SMILES string of the molecule is CCOC(=O)C1=C(C)NC2=C(C(=O)[C@@H](C(=O)OCC)[C@@H](c3ccccc3)C2)[C@@H]1c1ccc(F)cc1. The second-order valence-corrected chi connectivity index (χ2v) is 8.58. The van der Waals surface area contributed by atoms with Gasteiger partial charge in [-0.25, -0.2) is 9.18 Å². The molecule has 7 heteroatoms. The Morgan fingerprint density at radius 2 is 1.63 bits per heavy atom. The average molecular weight is 478 g/mol. The van der Waals surface area contributed by atoms with Crippen LogP contribution < -0.4 is 5.32 Å². The molecule has 0 saturated heterocycles. The molecule has 2 aliphatic rings. The van der Waals surface area contributed by atoms with E-state index in [4.69, 9.17) is 9.47 Å². The topological polar surface area (TPSA) is 81.7 Å². The summed E-state index contributed by atoms with van der Waals surface area (Å²) in [4.78, 5) is 40.2. The monoisotopic (exact) mass is 477 g/mol. The number of hydrogen-bond donors (Lipinski definition) is 1. The minimum absolute atomic E-state index is 0.142. The van der Waals surface area contributed by atoms with Crippen LogP contribution in [-0.2, 0) is 23.9 Å². The van der Waals surface area contributed by atoms with Crippen molar-refractivity contribution < 1.29 is 28.2 Å². The molecule has 0 aromatic heterocycles. The first-order valence-electron chi connectivity index (χ1n) is 11.8. The maximum Gasteiger partial charge on any atom is 0.336 e. The van der Waals surface area contributed by atoms with E-state index < -0.39 is 41.3 Å². The molecular formula is C28H28FNO5. The van der Waals surface area contributed by atoms with Gasteiger partial charge in [-0.1, -0.05) is 42.5 Å². The lowest BCUT2D eigenvalue weighted by atomic mass is 9.67. The van der Waals surface area contributed by atoms with Crippen LogP contribution in [0.1, 0.15) is 50.2 Å². The fraction of sp³-hybridized carbons (Fsp3) is 0.321. The molecule has 0 saturated carbocycles. The summed E-state index contributed by atoms with van der Waals surface area (Å²) < 4.78 is 24.4. The molecule has 0 amide bonds. The Morgan fingerprint density at radius 1 is 0.971 bits per heavy atom. The Morgan fingerprint density at radius 3 is 2.26 bits per heavy atom. The second-order valence-electron chi connectivity index (χ2n) is 8.58. The predicted molar refractivity (Wildman–Crippen MR) is 128 cm³/mol. The van der Waals surface area contributed by atoms with Gasteiger partial charge in [-0.2, -0.15) is 0 Å². The van der Waals surface area contributed by atoms with Crippen molar-refractivity contribution in [1.82, 2.24) is 5.32 Å². The minimum Gasteiger partial charge on any atom is -0.465 e. The van der Waals surface area contributed by atoms with E-state index in [-0.39, 0.29) is 18.8 Å². The van der Waals surface area contributed by atoms with E-state index in [1.807, 2.05) is 30.3 Å². The number of hydrogen-bond acceptors (Lipinski definition) is 6. The zero-order valence-corrected chi connectivity index (χ0v) is 20.0. The first-order valence-corrected chi connectivity index (χ1v) is 11.8. The molecule has 0 fully saturated rings. The molecule has 0 bridgehead atoms. The molecule has 4 rings (SSSR count). The van der Waals surface area contributed by atoms with Crippen LogP contribution in [0.4, 0.5) is 4.39 Å². The highest BCUT2D eigenvalue weighted by atomic mass is 19.1. The molecule has 2 aromatic carbocycles. The van der Waals surface area contributed by atoms with Crippen molar-refractivity contribution in [2.45, 2.75) is 39.0 Å². The van der Waals surface area contributed by atoms with Gasteiger partial charge >= 0.3 is 11.9 Å². The summed E-state index contributed by atoms with van der Waals surface area (Å²) in [5.74, 6) is -4.30. The number of ketones is 1. The first kappa shape index (κ1) is 24.4. The highest BCUT2D eigenvalue weighted by Crippen LogP contribution is 2.48. The number of allylic oxidation sites excluding steroid dienone is 3. The number of nitrogens with one attached hydrogen (secondary N) is 1. The summed E-state index contributed by atoms with van der Waals surface area (Å²) in [5.41, 5.74) is 3.21. The third kappa shape index (κ3) is 4.63. The lowest BCUT2D eigenvalue weighted by Gasteiger charge is -2.39. The predicted octanol–water partition coefficient (Wildman–Crippen LogP) is 4.54. The van der Waals surface area contributed by atoms with Crippen molar-refractivity contribution in [1.29, 1.82) is 0 Å². The molecule has 0 radical (unpaired) electrons. The maximum atomic E-state index is 14.1. The van der Waals surface area contributed by atoms with Gasteiger partial charge in [0.2, 0.25) is 0 Å². The molecule has 3 atom stereocenters. The van der Waals surface area contributed by atoms with Gasteiger partial charge in [0.25, 0.3) is 0 Å². The summed E-state index contributed by atoms with van der Waals surface area (Å²) in [6.45, 7) is 5.46. The Balaban J connectivity index is 1.89. The maximum absolute atomic E-state index is 14.1. The van der Waals surface area contributed by atoms with Crippen molar-refractivity contribution in [3.05, 3.63) is 94.1 Å². The highest BCUT2D eigenvalue weighted by molar-refractivity contribution is 6.13.